The number of rotatable bonds is 6. The second-order valence-corrected chi connectivity index (χ2v) is 6.23. The van der Waals surface area contributed by atoms with Crippen LogP contribution in [-0.2, 0) is 11.2 Å². The molecular formula is C18H24O. The van der Waals surface area contributed by atoms with Crippen LogP contribution in [0.4, 0.5) is 0 Å². The minimum atomic E-state index is 0.366. The molecule has 0 heterocycles. The summed E-state index contributed by atoms with van der Waals surface area (Å²) in [6, 6.07) is 8.74. The molecule has 3 atom stereocenters. The second kappa shape index (κ2) is 5.48. The minimum absolute atomic E-state index is 0.366. The molecule has 0 amide bonds. The highest BCUT2D eigenvalue weighted by Gasteiger charge is 2.56. The van der Waals surface area contributed by atoms with Crippen LogP contribution >= 0.6 is 0 Å². The van der Waals surface area contributed by atoms with E-state index < -0.39 is 0 Å². The zero-order valence-electron chi connectivity index (χ0n) is 11.9. The Balaban J connectivity index is 1.59. The van der Waals surface area contributed by atoms with Crippen LogP contribution in [0.15, 0.2) is 24.3 Å². The van der Waals surface area contributed by atoms with E-state index in [-0.39, 0.29) is 0 Å². The van der Waals surface area contributed by atoms with Crippen LogP contribution in [0.1, 0.15) is 62.5 Å². The van der Waals surface area contributed by atoms with Crippen LogP contribution in [0.3, 0.4) is 0 Å². The number of hydrogen-bond acceptors (Lipinski definition) is 1. The summed E-state index contributed by atoms with van der Waals surface area (Å²) in [4.78, 5) is 12.3. The van der Waals surface area contributed by atoms with Gasteiger partial charge in [0.2, 0.25) is 0 Å². The maximum Gasteiger partial charge on any atom is 0.136 e. The standard InChI is InChI=1S/C18H24O/c1-2-3-4-5-10-16(19)18-15-12-11-13-8-6-7-9-14(13)17(15)18/h6-9,15,17-18H,2-5,10-12H2,1H3. The highest BCUT2D eigenvalue weighted by molar-refractivity contribution is 5.86. The van der Waals surface area contributed by atoms with Crippen LogP contribution < -0.4 is 0 Å². The van der Waals surface area contributed by atoms with Crippen molar-refractivity contribution < 1.29 is 4.79 Å². The second-order valence-electron chi connectivity index (χ2n) is 6.23. The number of aryl methyl sites for hydroxylation is 1. The largest absolute Gasteiger partial charge is 0.299 e. The highest BCUT2D eigenvalue weighted by atomic mass is 16.1. The Morgan fingerprint density at radius 3 is 2.89 bits per heavy atom. The summed E-state index contributed by atoms with van der Waals surface area (Å²) in [7, 11) is 0. The van der Waals surface area contributed by atoms with Gasteiger partial charge in [0.1, 0.15) is 5.78 Å². The molecule has 102 valence electrons. The van der Waals surface area contributed by atoms with E-state index in [0.29, 0.717) is 23.5 Å². The van der Waals surface area contributed by atoms with Crippen molar-refractivity contribution in [1.29, 1.82) is 0 Å². The van der Waals surface area contributed by atoms with E-state index >= 15 is 0 Å². The molecule has 1 nitrogen and oxygen atoms in total. The van der Waals surface area contributed by atoms with E-state index in [1.807, 2.05) is 0 Å². The average molecular weight is 256 g/mol. The molecule has 1 saturated carbocycles. The van der Waals surface area contributed by atoms with Crippen molar-refractivity contribution in [2.24, 2.45) is 11.8 Å². The third-order valence-corrected chi connectivity index (χ3v) is 4.98. The Hall–Kier alpha value is -1.11. The molecule has 1 aromatic rings. The Morgan fingerprint density at radius 2 is 2.05 bits per heavy atom. The molecule has 1 aromatic carbocycles. The van der Waals surface area contributed by atoms with E-state index in [2.05, 4.69) is 31.2 Å². The normalized spacial score (nSPS) is 27.5. The molecule has 3 unspecified atom stereocenters. The summed E-state index contributed by atoms with van der Waals surface area (Å²) < 4.78 is 0. The number of unbranched alkanes of at least 4 members (excludes halogenated alkanes) is 3. The third-order valence-electron chi connectivity index (χ3n) is 4.98. The Bertz CT molecular complexity index is 463. The molecule has 0 N–H and O–H groups in total. The summed E-state index contributed by atoms with van der Waals surface area (Å²) in [6.45, 7) is 2.22. The number of benzene rings is 1. The Kier molecular flexibility index (Phi) is 3.72. The van der Waals surface area contributed by atoms with E-state index in [4.69, 9.17) is 0 Å². The summed E-state index contributed by atoms with van der Waals surface area (Å²) in [5.74, 6) is 2.16. The predicted molar refractivity (Wildman–Crippen MR) is 78.3 cm³/mol. The molecule has 2 aliphatic carbocycles. The predicted octanol–water partition coefficient (Wildman–Crippen LogP) is 4.50. The van der Waals surface area contributed by atoms with Crippen LogP contribution in [0.25, 0.3) is 0 Å². The number of ketones is 1. The first-order valence-corrected chi connectivity index (χ1v) is 7.93. The highest BCUT2D eigenvalue weighted by Crippen LogP contribution is 2.60. The van der Waals surface area contributed by atoms with Gasteiger partial charge in [-0.1, -0.05) is 50.5 Å². The molecule has 2 aliphatic rings. The van der Waals surface area contributed by atoms with Gasteiger partial charge in [-0.2, -0.15) is 0 Å². The van der Waals surface area contributed by atoms with Crippen LogP contribution in [-0.4, -0.2) is 5.78 Å². The molecule has 0 aliphatic heterocycles. The van der Waals surface area contributed by atoms with Gasteiger partial charge in [0.25, 0.3) is 0 Å². The van der Waals surface area contributed by atoms with Gasteiger partial charge in [-0.15, -0.1) is 0 Å². The van der Waals surface area contributed by atoms with Gasteiger partial charge >= 0.3 is 0 Å². The van der Waals surface area contributed by atoms with Crippen LogP contribution in [0.5, 0.6) is 0 Å². The summed E-state index contributed by atoms with van der Waals surface area (Å²) >= 11 is 0. The summed E-state index contributed by atoms with van der Waals surface area (Å²) in [5, 5.41) is 0. The molecule has 19 heavy (non-hydrogen) atoms. The quantitative estimate of drug-likeness (QED) is 0.685. The smallest absolute Gasteiger partial charge is 0.136 e. The molecule has 1 heteroatoms. The first-order valence-electron chi connectivity index (χ1n) is 7.93. The van der Waals surface area contributed by atoms with Crippen molar-refractivity contribution in [3.05, 3.63) is 35.4 Å². The van der Waals surface area contributed by atoms with Gasteiger partial charge in [-0.25, -0.2) is 0 Å². The topological polar surface area (TPSA) is 17.1 Å². The van der Waals surface area contributed by atoms with Crippen molar-refractivity contribution in [2.75, 3.05) is 0 Å². The van der Waals surface area contributed by atoms with Gasteiger partial charge in [0.15, 0.2) is 0 Å². The van der Waals surface area contributed by atoms with Gasteiger partial charge in [-0.3, -0.25) is 4.79 Å². The molecule has 1 fully saturated rings. The molecule has 0 bridgehead atoms. The lowest BCUT2D eigenvalue weighted by atomic mass is 9.92. The van der Waals surface area contributed by atoms with Gasteiger partial charge < -0.3 is 0 Å². The maximum absolute atomic E-state index is 12.3. The van der Waals surface area contributed by atoms with Crippen molar-refractivity contribution in [2.45, 2.75) is 57.8 Å². The number of hydrogen-bond donors (Lipinski definition) is 0. The van der Waals surface area contributed by atoms with Crippen molar-refractivity contribution >= 4 is 5.78 Å². The molecular weight excluding hydrogens is 232 g/mol. The van der Waals surface area contributed by atoms with E-state index in [0.717, 1.165) is 12.8 Å². The van der Waals surface area contributed by atoms with Gasteiger partial charge in [-0.05, 0) is 42.2 Å². The van der Waals surface area contributed by atoms with Crippen LogP contribution in [0, 0.1) is 11.8 Å². The fourth-order valence-electron chi connectivity index (χ4n) is 3.90. The first-order chi connectivity index (χ1) is 9.33. The van der Waals surface area contributed by atoms with Gasteiger partial charge in [0.05, 0.1) is 0 Å². The van der Waals surface area contributed by atoms with E-state index in [1.54, 1.807) is 0 Å². The van der Waals surface area contributed by atoms with E-state index in [9.17, 15) is 4.79 Å². The number of Topliss-reactive ketones (excluding diaryl/α,β-unsaturated/α-hetero) is 1. The first kappa shape index (κ1) is 12.9. The third kappa shape index (κ3) is 2.48. The van der Waals surface area contributed by atoms with Crippen molar-refractivity contribution in [1.82, 2.24) is 0 Å². The average Bonchev–Trinajstić information content (AvgIpc) is 3.18. The number of fused-ring (bicyclic) bond motifs is 3. The summed E-state index contributed by atoms with van der Waals surface area (Å²) in [6.07, 6.45) is 8.07. The Morgan fingerprint density at radius 1 is 1.21 bits per heavy atom. The minimum Gasteiger partial charge on any atom is -0.299 e. The fourth-order valence-corrected chi connectivity index (χ4v) is 3.90. The molecule has 3 rings (SSSR count). The molecule has 0 aromatic heterocycles. The SMILES string of the molecule is CCCCCCC(=O)C1C2CCc3ccccc3C21. The van der Waals surface area contributed by atoms with Crippen LogP contribution in [0.2, 0.25) is 0 Å². The monoisotopic (exact) mass is 256 g/mol. The molecule has 0 spiro atoms. The van der Waals surface area contributed by atoms with E-state index in [1.165, 1.54) is 43.2 Å². The molecule has 0 radical (unpaired) electrons. The summed E-state index contributed by atoms with van der Waals surface area (Å²) in [5.41, 5.74) is 2.97. The number of carbonyl (C=O) groups excluding carboxylic acids is 1. The van der Waals surface area contributed by atoms with Gasteiger partial charge in [0, 0.05) is 12.3 Å². The number of carbonyl (C=O) groups is 1. The Labute approximate surface area is 116 Å². The fraction of sp³-hybridized carbons (Fsp3) is 0.611. The maximum atomic E-state index is 12.3. The van der Waals surface area contributed by atoms with Crippen molar-refractivity contribution in [3.63, 3.8) is 0 Å². The van der Waals surface area contributed by atoms with Crippen molar-refractivity contribution in [3.8, 4) is 0 Å². The molecule has 0 saturated heterocycles. The lowest BCUT2D eigenvalue weighted by molar-refractivity contribution is -0.120. The zero-order chi connectivity index (χ0) is 13.2. The zero-order valence-corrected chi connectivity index (χ0v) is 11.9. The lowest BCUT2D eigenvalue weighted by Crippen LogP contribution is -2.02. The lowest BCUT2D eigenvalue weighted by Gasteiger charge is -2.13.